The maximum absolute atomic E-state index is 11.6. The van der Waals surface area contributed by atoms with Crippen LogP contribution in [0.4, 0.5) is 0 Å². The summed E-state index contributed by atoms with van der Waals surface area (Å²) in [5.41, 5.74) is 2.45. The van der Waals surface area contributed by atoms with Crippen LogP contribution in [0, 0.1) is 0 Å². The van der Waals surface area contributed by atoms with Crippen molar-refractivity contribution in [2.75, 3.05) is 6.54 Å². The number of rotatable bonds is 3. The minimum absolute atomic E-state index is 0.0418. The summed E-state index contributed by atoms with van der Waals surface area (Å²) in [5.74, 6) is -0.0418. The van der Waals surface area contributed by atoms with E-state index >= 15 is 0 Å². The normalized spacial score (nSPS) is 14.2. The molecule has 1 aromatic rings. The number of hydrogen-bond acceptors (Lipinski definition) is 3. The Morgan fingerprint density at radius 2 is 2.06 bits per heavy atom. The van der Waals surface area contributed by atoms with Gasteiger partial charge in [0, 0.05) is 12.1 Å². The van der Waals surface area contributed by atoms with Crippen LogP contribution in [-0.2, 0) is 24.1 Å². The Hall–Kier alpha value is -1.65. The SMILES string of the molecule is CCNC(=O)Cc1n[nH]c(=O)c2c1CCCC2. The van der Waals surface area contributed by atoms with Gasteiger partial charge in [-0.05, 0) is 38.2 Å². The Morgan fingerprint density at radius 1 is 1.35 bits per heavy atom. The third-order valence-electron chi connectivity index (χ3n) is 3.08. The van der Waals surface area contributed by atoms with Crippen molar-refractivity contribution in [3.63, 3.8) is 0 Å². The van der Waals surface area contributed by atoms with Crippen LogP contribution in [0.1, 0.15) is 36.6 Å². The largest absolute Gasteiger partial charge is 0.356 e. The van der Waals surface area contributed by atoms with Gasteiger partial charge >= 0.3 is 0 Å². The van der Waals surface area contributed by atoms with Gasteiger partial charge in [0.05, 0.1) is 12.1 Å². The predicted octanol–water partition coefficient (Wildman–Crippen LogP) is 0.327. The van der Waals surface area contributed by atoms with E-state index in [2.05, 4.69) is 15.5 Å². The highest BCUT2D eigenvalue weighted by Crippen LogP contribution is 2.20. The average molecular weight is 235 g/mol. The summed E-state index contributed by atoms with van der Waals surface area (Å²) in [7, 11) is 0. The van der Waals surface area contributed by atoms with Crippen molar-refractivity contribution in [2.45, 2.75) is 39.0 Å². The van der Waals surface area contributed by atoms with Crippen LogP contribution < -0.4 is 10.9 Å². The summed E-state index contributed by atoms with van der Waals surface area (Å²) in [6.45, 7) is 2.50. The molecule has 5 nitrogen and oxygen atoms in total. The molecule has 0 bridgehead atoms. The van der Waals surface area contributed by atoms with Crippen LogP contribution in [-0.4, -0.2) is 22.6 Å². The van der Waals surface area contributed by atoms with Gasteiger partial charge in [0.15, 0.2) is 0 Å². The number of aromatic nitrogens is 2. The lowest BCUT2D eigenvalue weighted by Crippen LogP contribution is -2.28. The molecule has 5 heteroatoms. The number of hydrogen-bond donors (Lipinski definition) is 2. The number of nitrogens with one attached hydrogen (secondary N) is 2. The minimum Gasteiger partial charge on any atom is -0.356 e. The third kappa shape index (κ3) is 2.54. The van der Waals surface area contributed by atoms with E-state index in [0.29, 0.717) is 6.54 Å². The molecule has 0 saturated heterocycles. The van der Waals surface area contributed by atoms with Crippen LogP contribution >= 0.6 is 0 Å². The van der Waals surface area contributed by atoms with Gasteiger partial charge in [0.1, 0.15) is 0 Å². The Morgan fingerprint density at radius 3 is 2.76 bits per heavy atom. The van der Waals surface area contributed by atoms with E-state index < -0.39 is 0 Å². The molecule has 0 saturated carbocycles. The molecule has 2 rings (SSSR count). The van der Waals surface area contributed by atoms with Crippen molar-refractivity contribution in [3.8, 4) is 0 Å². The molecule has 1 aliphatic rings. The zero-order valence-corrected chi connectivity index (χ0v) is 10.0. The highest BCUT2D eigenvalue weighted by molar-refractivity contribution is 5.78. The number of aromatic amines is 1. The molecule has 0 aromatic carbocycles. The second-order valence-electron chi connectivity index (χ2n) is 4.29. The molecular formula is C12H17N3O2. The maximum atomic E-state index is 11.6. The van der Waals surface area contributed by atoms with Crippen molar-refractivity contribution in [1.82, 2.24) is 15.5 Å². The molecule has 2 N–H and O–H groups in total. The van der Waals surface area contributed by atoms with Gasteiger partial charge in [-0.1, -0.05) is 0 Å². The fourth-order valence-electron chi connectivity index (χ4n) is 2.29. The van der Waals surface area contributed by atoms with Crippen LogP contribution in [0.2, 0.25) is 0 Å². The maximum Gasteiger partial charge on any atom is 0.267 e. The minimum atomic E-state index is -0.0978. The summed E-state index contributed by atoms with van der Waals surface area (Å²) in [5, 5.41) is 9.25. The van der Waals surface area contributed by atoms with Crippen LogP contribution in [0.5, 0.6) is 0 Å². The van der Waals surface area contributed by atoms with Crippen LogP contribution in [0.3, 0.4) is 0 Å². The molecule has 1 aliphatic carbocycles. The van der Waals surface area contributed by atoms with Gasteiger partial charge in [-0.3, -0.25) is 9.59 Å². The molecule has 0 fully saturated rings. The van der Waals surface area contributed by atoms with Crippen LogP contribution in [0.15, 0.2) is 4.79 Å². The Bertz CT molecular complexity index is 479. The zero-order chi connectivity index (χ0) is 12.3. The molecule has 0 unspecified atom stereocenters. The fourth-order valence-corrected chi connectivity index (χ4v) is 2.29. The second-order valence-corrected chi connectivity index (χ2v) is 4.29. The lowest BCUT2D eigenvalue weighted by Gasteiger charge is -2.16. The first-order chi connectivity index (χ1) is 8.22. The molecule has 0 spiro atoms. The van der Waals surface area contributed by atoms with Gasteiger partial charge in [0.2, 0.25) is 5.91 Å². The molecule has 0 atom stereocenters. The third-order valence-corrected chi connectivity index (χ3v) is 3.08. The van der Waals surface area contributed by atoms with Crippen molar-refractivity contribution < 1.29 is 4.79 Å². The molecular weight excluding hydrogens is 218 g/mol. The van der Waals surface area contributed by atoms with E-state index in [-0.39, 0.29) is 17.9 Å². The van der Waals surface area contributed by atoms with Crippen molar-refractivity contribution in [2.24, 2.45) is 0 Å². The Labute approximate surface area is 99.6 Å². The topological polar surface area (TPSA) is 74.8 Å². The summed E-state index contributed by atoms with van der Waals surface area (Å²) in [4.78, 5) is 23.1. The van der Waals surface area contributed by atoms with E-state index in [1.807, 2.05) is 6.92 Å². The molecule has 0 aliphatic heterocycles. The number of nitrogens with zero attached hydrogens (tertiary/aromatic N) is 1. The van der Waals surface area contributed by atoms with E-state index in [0.717, 1.165) is 42.5 Å². The first-order valence-electron chi connectivity index (χ1n) is 6.08. The highest BCUT2D eigenvalue weighted by atomic mass is 16.1. The van der Waals surface area contributed by atoms with E-state index in [9.17, 15) is 9.59 Å². The van der Waals surface area contributed by atoms with E-state index in [1.54, 1.807) is 0 Å². The fraction of sp³-hybridized carbons (Fsp3) is 0.583. The molecule has 17 heavy (non-hydrogen) atoms. The standard InChI is InChI=1S/C12H17N3O2/c1-2-13-11(16)7-10-8-5-3-4-6-9(8)12(17)15-14-10/h2-7H2,1H3,(H,13,16)(H,15,17). The number of amides is 1. The highest BCUT2D eigenvalue weighted by Gasteiger charge is 2.18. The Balaban J connectivity index is 2.29. The van der Waals surface area contributed by atoms with E-state index in [4.69, 9.17) is 0 Å². The monoisotopic (exact) mass is 235 g/mol. The number of H-pyrrole nitrogens is 1. The van der Waals surface area contributed by atoms with Crippen molar-refractivity contribution >= 4 is 5.91 Å². The average Bonchev–Trinajstić information content (AvgIpc) is 2.34. The summed E-state index contributed by atoms with van der Waals surface area (Å²) < 4.78 is 0. The molecule has 1 amide bonds. The van der Waals surface area contributed by atoms with Gasteiger partial charge in [-0.15, -0.1) is 0 Å². The summed E-state index contributed by atoms with van der Waals surface area (Å²) in [6.07, 6.45) is 4.03. The first kappa shape index (κ1) is 11.8. The molecule has 92 valence electrons. The zero-order valence-electron chi connectivity index (χ0n) is 10.0. The number of likely N-dealkylation sites (N-methyl/N-ethyl adjacent to an activating group) is 1. The molecule has 1 aromatic heterocycles. The van der Waals surface area contributed by atoms with Crippen LogP contribution in [0.25, 0.3) is 0 Å². The van der Waals surface area contributed by atoms with Crippen molar-refractivity contribution in [1.29, 1.82) is 0 Å². The lowest BCUT2D eigenvalue weighted by atomic mass is 9.91. The van der Waals surface area contributed by atoms with Gasteiger partial charge < -0.3 is 5.32 Å². The second kappa shape index (κ2) is 5.12. The quantitative estimate of drug-likeness (QED) is 0.792. The lowest BCUT2D eigenvalue weighted by molar-refractivity contribution is -0.120. The van der Waals surface area contributed by atoms with Gasteiger partial charge in [-0.25, -0.2) is 5.10 Å². The number of carbonyl (C=O) groups is 1. The van der Waals surface area contributed by atoms with E-state index in [1.165, 1.54) is 0 Å². The molecule has 1 heterocycles. The number of carbonyl (C=O) groups excluding carboxylic acids is 1. The van der Waals surface area contributed by atoms with Crippen molar-refractivity contribution in [3.05, 3.63) is 27.2 Å². The van der Waals surface area contributed by atoms with Gasteiger partial charge in [0.25, 0.3) is 5.56 Å². The predicted molar refractivity (Wildman–Crippen MR) is 63.9 cm³/mol. The first-order valence-corrected chi connectivity index (χ1v) is 6.08. The molecule has 0 radical (unpaired) electrons. The Kier molecular flexibility index (Phi) is 3.56. The summed E-state index contributed by atoms with van der Waals surface area (Å²) >= 11 is 0. The summed E-state index contributed by atoms with van der Waals surface area (Å²) in [6, 6.07) is 0. The smallest absolute Gasteiger partial charge is 0.267 e. The number of fused-ring (bicyclic) bond motifs is 1. The van der Waals surface area contributed by atoms with Gasteiger partial charge in [-0.2, -0.15) is 5.10 Å².